The zero-order valence-corrected chi connectivity index (χ0v) is 15.7. The van der Waals surface area contributed by atoms with Crippen molar-refractivity contribution in [3.8, 4) is 5.75 Å². The number of piperidine rings is 1. The van der Waals surface area contributed by atoms with Crippen LogP contribution in [0.15, 0.2) is 24.3 Å². The number of likely N-dealkylation sites (tertiary alicyclic amines) is 1. The molecule has 24 heavy (non-hydrogen) atoms. The first-order valence-corrected chi connectivity index (χ1v) is 9.15. The lowest BCUT2D eigenvalue weighted by molar-refractivity contribution is 0.00578. The van der Waals surface area contributed by atoms with E-state index in [1.165, 1.54) is 0 Å². The third-order valence-corrected chi connectivity index (χ3v) is 5.69. The molecule has 2 fully saturated rings. The molecule has 0 spiro atoms. The standard InChI is InChI=1S/C19H30BNO3/c1-6-21-13-11-17(12-14-21)22-16-9-7-15(8-10-16)20-23-18(2,3)19(4,5)24-20/h7-10,17H,6,11-14H2,1-5H3. The van der Waals surface area contributed by atoms with Gasteiger partial charge in [0.2, 0.25) is 0 Å². The summed E-state index contributed by atoms with van der Waals surface area (Å²) in [5.74, 6) is 0.935. The van der Waals surface area contributed by atoms with Gasteiger partial charge in [0.25, 0.3) is 0 Å². The molecule has 3 rings (SSSR count). The van der Waals surface area contributed by atoms with E-state index in [4.69, 9.17) is 14.0 Å². The van der Waals surface area contributed by atoms with Gasteiger partial charge in [0.15, 0.2) is 0 Å². The van der Waals surface area contributed by atoms with Gasteiger partial charge < -0.3 is 18.9 Å². The van der Waals surface area contributed by atoms with E-state index in [0.717, 1.165) is 43.7 Å². The van der Waals surface area contributed by atoms with Crippen molar-refractivity contribution in [1.29, 1.82) is 0 Å². The number of ether oxygens (including phenoxy) is 1. The molecular formula is C19H30BNO3. The van der Waals surface area contributed by atoms with E-state index in [0.29, 0.717) is 6.10 Å². The molecule has 0 aliphatic carbocycles. The molecule has 2 heterocycles. The fraction of sp³-hybridized carbons (Fsp3) is 0.684. The highest BCUT2D eigenvalue weighted by Gasteiger charge is 2.51. The van der Waals surface area contributed by atoms with Gasteiger partial charge in [-0.25, -0.2) is 0 Å². The Morgan fingerprint density at radius 3 is 2.08 bits per heavy atom. The molecule has 1 aromatic carbocycles. The summed E-state index contributed by atoms with van der Waals surface area (Å²) in [6.07, 6.45) is 2.54. The quantitative estimate of drug-likeness (QED) is 0.794. The smallest absolute Gasteiger partial charge is 0.490 e. The molecule has 2 aliphatic rings. The average Bonchev–Trinajstić information content (AvgIpc) is 2.77. The van der Waals surface area contributed by atoms with Crippen LogP contribution in [0.2, 0.25) is 0 Å². The fourth-order valence-electron chi connectivity index (χ4n) is 3.22. The van der Waals surface area contributed by atoms with Crippen molar-refractivity contribution in [2.75, 3.05) is 19.6 Å². The Bertz CT molecular complexity index is 534. The Morgan fingerprint density at radius 1 is 1.04 bits per heavy atom. The number of hydrogen-bond acceptors (Lipinski definition) is 4. The Kier molecular flexibility index (Phi) is 4.96. The molecule has 2 aliphatic heterocycles. The normalized spacial score (nSPS) is 24.3. The summed E-state index contributed by atoms with van der Waals surface area (Å²) in [7, 11) is -0.308. The summed E-state index contributed by atoms with van der Waals surface area (Å²) in [5.41, 5.74) is 0.432. The average molecular weight is 331 g/mol. The van der Waals surface area contributed by atoms with Gasteiger partial charge in [0.1, 0.15) is 11.9 Å². The summed E-state index contributed by atoms with van der Waals surface area (Å²) in [4.78, 5) is 2.47. The monoisotopic (exact) mass is 331 g/mol. The van der Waals surface area contributed by atoms with Crippen molar-refractivity contribution in [3.63, 3.8) is 0 Å². The van der Waals surface area contributed by atoms with Crippen LogP contribution >= 0.6 is 0 Å². The van der Waals surface area contributed by atoms with E-state index < -0.39 is 0 Å². The molecule has 5 heteroatoms. The van der Waals surface area contributed by atoms with Crippen molar-refractivity contribution in [3.05, 3.63) is 24.3 Å². The molecule has 2 saturated heterocycles. The van der Waals surface area contributed by atoms with Gasteiger partial charge in [-0.1, -0.05) is 19.1 Å². The topological polar surface area (TPSA) is 30.9 Å². The molecule has 4 nitrogen and oxygen atoms in total. The highest BCUT2D eigenvalue weighted by atomic mass is 16.7. The van der Waals surface area contributed by atoms with Gasteiger partial charge in [-0.15, -0.1) is 0 Å². The Hall–Kier alpha value is -1.04. The zero-order valence-electron chi connectivity index (χ0n) is 15.7. The molecule has 132 valence electrons. The van der Waals surface area contributed by atoms with E-state index in [9.17, 15) is 0 Å². The summed E-state index contributed by atoms with van der Waals surface area (Å²) in [5, 5.41) is 0. The summed E-state index contributed by atoms with van der Waals surface area (Å²) in [6, 6.07) is 8.18. The lowest BCUT2D eigenvalue weighted by atomic mass is 9.79. The van der Waals surface area contributed by atoms with Crippen LogP contribution in [0.4, 0.5) is 0 Å². The van der Waals surface area contributed by atoms with E-state index in [2.05, 4.69) is 51.7 Å². The maximum atomic E-state index is 6.14. The summed E-state index contributed by atoms with van der Waals surface area (Å²) < 4.78 is 18.3. The van der Waals surface area contributed by atoms with Crippen molar-refractivity contribution < 1.29 is 14.0 Å². The van der Waals surface area contributed by atoms with Gasteiger partial charge in [0.05, 0.1) is 11.2 Å². The van der Waals surface area contributed by atoms with Crippen molar-refractivity contribution in [2.45, 2.75) is 64.8 Å². The van der Waals surface area contributed by atoms with Crippen LogP contribution in [0.5, 0.6) is 5.75 Å². The van der Waals surface area contributed by atoms with Gasteiger partial charge in [-0.05, 0) is 64.7 Å². The van der Waals surface area contributed by atoms with Gasteiger partial charge in [-0.2, -0.15) is 0 Å². The van der Waals surface area contributed by atoms with E-state index in [-0.39, 0.29) is 18.3 Å². The van der Waals surface area contributed by atoms with Crippen LogP contribution in [-0.2, 0) is 9.31 Å². The molecule has 0 aromatic heterocycles. The van der Waals surface area contributed by atoms with Crippen LogP contribution in [0.3, 0.4) is 0 Å². The van der Waals surface area contributed by atoms with E-state index >= 15 is 0 Å². The SMILES string of the molecule is CCN1CCC(Oc2ccc(B3OC(C)(C)C(C)(C)O3)cc2)CC1. The number of hydrogen-bond donors (Lipinski definition) is 0. The summed E-state index contributed by atoms with van der Waals surface area (Å²) >= 11 is 0. The Balaban J connectivity index is 1.59. The van der Waals surface area contributed by atoms with Crippen LogP contribution in [0, 0.1) is 0 Å². The van der Waals surface area contributed by atoms with Crippen molar-refractivity contribution >= 4 is 12.6 Å². The highest BCUT2D eigenvalue weighted by molar-refractivity contribution is 6.62. The first-order chi connectivity index (χ1) is 11.3. The zero-order chi connectivity index (χ0) is 17.4. The predicted molar refractivity (Wildman–Crippen MR) is 97.9 cm³/mol. The molecule has 0 radical (unpaired) electrons. The minimum absolute atomic E-state index is 0.305. The second-order valence-corrected chi connectivity index (χ2v) is 7.91. The second-order valence-electron chi connectivity index (χ2n) is 7.91. The first kappa shape index (κ1) is 17.8. The highest BCUT2D eigenvalue weighted by Crippen LogP contribution is 2.36. The molecule has 0 unspecified atom stereocenters. The van der Waals surface area contributed by atoms with Crippen LogP contribution < -0.4 is 10.2 Å². The predicted octanol–water partition coefficient (Wildman–Crippen LogP) is 2.85. The minimum Gasteiger partial charge on any atom is -0.490 e. The molecule has 0 amide bonds. The molecule has 1 aromatic rings. The molecular weight excluding hydrogens is 301 g/mol. The maximum absolute atomic E-state index is 6.14. The van der Waals surface area contributed by atoms with Crippen LogP contribution in [-0.4, -0.2) is 49.0 Å². The van der Waals surface area contributed by atoms with Crippen molar-refractivity contribution in [1.82, 2.24) is 4.90 Å². The van der Waals surface area contributed by atoms with Gasteiger partial charge >= 0.3 is 7.12 Å². The van der Waals surface area contributed by atoms with Crippen LogP contribution in [0.25, 0.3) is 0 Å². The number of benzene rings is 1. The Morgan fingerprint density at radius 2 is 1.58 bits per heavy atom. The van der Waals surface area contributed by atoms with E-state index in [1.54, 1.807) is 0 Å². The van der Waals surface area contributed by atoms with Gasteiger partial charge in [-0.3, -0.25) is 0 Å². The summed E-state index contributed by atoms with van der Waals surface area (Å²) in [6.45, 7) is 13.9. The lowest BCUT2D eigenvalue weighted by Crippen LogP contribution is -2.41. The molecule has 0 saturated carbocycles. The number of nitrogens with zero attached hydrogens (tertiary/aromatic N) is 1. The largest absolute Gasteiger partial charge is 0.494 e. The third kappa shape index (κ3) is 3.63. The van der Waals surface area contributed by atoms with Crippen molar-refractivity contribution in [2.24, 2.45) is 0 Å². The molecule has 0 bridgehead atoms. The first-order valence-electron chi connectivity index (χ1n) is 9.15. The Labute approximate surface area is 146 Å². The molecule has 0 N–H and O–H groups in total. The van der Waals surface area contributed by atoms with Gasteiger partial charge in [0, 0.05) is 13.1 Å². The van der Waals surface area contributed by atoms with Crippen LogP contribution in [0.1, 0.15) is 47.5 Å². The number of rotatable bonds is 4. The lowest BCUT2D eigenvalue weighted by Gasteiger charge is -2.32. The maximum Gasteiger partial charge on any atom is 0.494 e. The fourth-order valence-corrected chi connectivity index (χ4v) is 3.22. The van der Waals surface area contributed by atoms with E-state index in [1.807, 2.05) is 12.1 Å². The molecule has 0 atom stereocenters. The minimum atomic E-state index is -0.308. The third-order valence-electron chi connectivity index (χ3n) is 5.69. The second kappa shape index (κ2) is 6.70.